The van der Waals surface area contributed by atoms with Gasteiger partial charge in [-0.3, -0.25) is 19.3 Å². The van der Waals surface area contributed by atoms with Crippen molar-refractivity contribution in [1.82, 2.24) is 4.90 Å². The largest absolute Gasteiger partial charge is 0.508 e. The van der Waals surface area contributed by atoms with Gasteiger partial charge in [-0.05, 0) is 31.8 Å². The lowest BCUT2D eigenvalue weighted by molar-refractivity contribution is -0.166. The SMILES string of the molecule is C=C1c2c(Cl)ccc(O)c2C(O)=C2C(=O)[C@]3(O)C(O)=C(C(N)=O)C(=O)C(N(C)C)[C@@H]3[C@@H](O)C12. The molecule has 10 nitrogen and oxygen atoms in total. The molecule has 0 spiro atoms. The lowest BCUT2D eigenvalue weighted by atomic mass is 9.55. The number of carbonyl (C=O) groups is 3. The molecule has 3 aliphatic rings. The first-order valence-electron chi connectivity index (χ1n) is 9.81. The molecule has 1 aromatic carbocycles. The van der Waals surface area contributed by atoms with Crippen molar-refractivity contribution in [2.24, 2.45) is 17.6 Å². The van der Waals surface area contributed by atoms with Crippen LogP contribution in [0.3, 0.4) is 0 Å². The number of fused-ring (bicyclic) bond motifs is 3. The van der Waals surface area contributed by atoms with E-state index in [2.05, 4.69) is 6.58 Å². The average Bonchev–Trinajstić information content (AvgIpc) is 2.72. The lowest BCUT2D eigenvalue weighted by Gasteiger charge is -2.52. The zero-order valence-electron chi connectivity index (χ0n) is 17.5. The van der Waals surface area contributed by atoms with E-state index in [0.29, 0.717) is 0 Å². The lowest BCUT2D eigenvalue weighted by Crippen LogP contribution is -2.70. The molecular weight excluding hydrogens is 456 g/mol. The summed E-state index contributed by atoms with van der Waals surface area (Å²) in [4.78, 5) is 39.9. The summed E-state index contributed by atoms with van der Waals surface area (Å²) in [5.74, 6) is -9.18. The number of nitrogens with zero attached hydrogens (tertiary/aromatic N) is 1. The Hall–Kier alpha value is -3.18. The second-order valence-electron chi connectivity index (χ2n) is 8.55. The van der Waals surface area contributed by atoms with Gasteiger partial charge >= 0.3 is 0 Å². The normalized spacial score (nSPS) is 31.5. The van der Waals surface area contributed by atoms with E-state index in [-0.39, 0.29) is 21.7 Å². The Balaban J connectivity index is 2.10. The monoisotopic (exact) mass is 476 g/mol. The number of ketones is 2. The van der Waals surface area contributed by atoms with E-state index in [9.17, 15) is 39.9 Å². The predicted octanol–water partition coefficient (Wildman–Crippen LogP) is 0.0589. The summed E-state index contributed by atoms with van der Waals surface area (Å²) >= 11 is 6.25. The number of amides is 1. The molecule has 1 aromatic rings. The number of primary amides is 1. The molecular formula is C22H21ClN2O8. The molecule has 1 saturated carbocycles. The van der Waals surface area contributed by atoms with Crippen LogP contribution in [0, 0.1) is 11.8 Å². The van der Waals surface area contributed by atoms with Crippen LogP contribution in [0.25, 0.3) is 11.3 Å². The molecule has 4 rings (SSSR count). The molecule has 0 heterocycles. The fourth-order valence-electron chi connectivity index (χ4n) is 5.26. The van der Waals surface area contributed by atoms with Crippen LogP contribution < -0.4 is 5.73 Å². The van der Waals surface area contributed by atoms with Crippen molar-refractivity contribution in [2.75, 3.05) is 14.1 Å². The number of phenolic OH excluding ortho intramolecular Hbond substituents is 1. The number of hydrogen-bond acceptors (Lipinski definition) is 9. The van der Waals surface area contributed by atoms with E-state index in [4.69, 9.17) is 17.3 Å². The molecule has 0 radical (unpaired) electrons. The first-order valence-corrected chi connectivity index (χ1v) is 10.2. The quantitative estimate of drug-likeness (QED) is 0.321. The maximum Gasteiger partial charge on any atom is 0.255 e. The summed E-state index contributed by atoms with van der Waals surface area (Å²) in [6.45, 7) is 3.89. The zero-order valence-corrected chi connectivity index (χ0v) is 18.3. The Morgan fingerprint density at radius 2 is 1.79 bits per heavy atom. The van der Waals surface area contributed by atoms with E-state index in [1.165, 1.54) is 31.1 Å². The number of aliphatic hydroxyl groups excluding tert-OH is 3. The first-order chi connectivity index (χ1) is 15.3. The zero-order chi connectivity index (χ0) is 24.7. The van der Waals surface area contributed by atoms with E-state index < -0.39 is 75.5 Å². The van der Waals surface area contributed by atoms with Crippen LogP contribution in [0.5, 0.6) is 5.75 Å². The highest BCUT2D eigenvalue weighted by molar-refractivity contribution is 6.33. The summed E-state index contributed by atoms with van der Waals surface area (Å²) in [6, 6.07) is 1.08. The molecule has 11 heteroatoms. The van der Waals surface area contributed by atoms with Gasteiger partial charge < -0.3 is 31.3 Å². The second kappa shape index (κ2) is 7.16. The Labute approximate surface area is 192 Å². The minimum Gasteiger partial charge on any atom is -0.508 e. The molecule has 0 aliphatic heterocycles. The van der Waals surface area contributed by atoms with Gasteiger partial charge in [-0.25, -0.2) is 0 Å². The third-order valence-electron chi connectivity index (χ3n) is 6.67. The molecule has 1 amide bonds. The van der Waals surface area contributed by atoms with Crippen molar-refractivity contribution >= 4 is 40.4 Å². The second-order valence-corrected chi connectivity index (χ2v) is 8.96. The number of halogens is 1. The van der Waals surface area contributed by atoms with Gasteiger partial charge in [0, 0.05) is 16.5 Å². The number of rotatable bonds is 2. The van der Waals surface area contributed by atoms with Gasteiger partial charge in [-0.2, -0.15) is 0 Å². The minimum absolute atomic E-state index is 0.0516. The maximum atomic E-state index is 13.7. The number of likely N-dealkylation sites (N-methyl/N-ethyl adjacent to an activating group) is 1. The van der Waals surface area contributed by atoms with Crippen molar-refractivity contribution in [3.05, 3.63) is 51.8 Å². The molecule has 0 saturated heterocycles. The molecule has 0 bridgehead atoms. The highest BCUT2D eigenvalue weighted by Gasteiger charge is 2.68. The Morgan fingerprint density at radius 3 is 2.33 bits per heavy atom. The number of hydrogen-bond donors (Lipinski definition) is 6. The van der Waals surface area contributed by atoms with Crippen molar-refractivity contribution in [3.63, 3.8) is 0 Å². The van der Waals surface area contributed by atoms with E-state index >= 15 is 0 Å². The number of Topliss-reactive ketones (excluding diaryl/α,β-unsaturated/α-hetero) is 2. The van der Waals surface area contributed by atoms with E-state index in [1.54, 1.807) is 0 Å². The number of aliphatic hydroxyl groups is 4. The molecule has 174 valence electrons. The number of aromatic hydroxyl groups is 1. The van der Waals surface area contributed by atoms with E-state index in [0.717, 1.165) is 0 Å². The number of phenols is 1. The molecule has 5 atom stereocenters. The summed E-state index contributed by atoms with van der Waals surface area (Å²) in [7, 11) is 2.84. The molecule has 0 aromatic heterocycles. The van der Waals surface area contributed by atoms with Gasteiger partial charge in [-0.15, -0.1) is 0 Å². The van der Waals surface area contributed by atoms with Gasteiger partial charge in [0.2, 0.25) is 5.78 Å². The van der Waals surface area contributed by atoms with Crippen LogP contribution in [-0.2, 0) is 14.4 Å². The molecule has 2 unspecified atom stereocenters. The van der Waals surface area contributed by atoms with Crippen LogP contribution in [-0.4, -0.2) is 79.7 Å². The Kier molecular flexibility index (Phi) is 4.99. The molecule has 3 aliphatic carbocycles. The average molecular weight is 477 g/mol. The number of benzene rings is 1. The number of carbonyl (C=O) groups excluding carboxylic acids is 3. The van der Waals surface area contributed by atoms with Gasteiger partial charge in [0.05, 0.1) is 29.2 Å². The van der Waals surface area contributed by atoms with Crippen LogP contribution in [0.15, 0.2) is 35.6 Å². The highest BCUT2D eigenvalue weighted by atomic mass is 35.5. The van der Waals surface area contributed by atoms with Gasteiger partial charge in [0.25, 0.3) is 5.91 Å². The summed E-state index contributed by atoms with van der Waals surface area (Å²) in [5.41, 5.74) is 0.634. The Morgan fingerprint density at radius 1 is 1.18 bits per heavy atom. The van der Waals surface area contributed by atoms with Crippen molar-refractivity contribution in [2.45, 2.75) is 17.7 Å². The smallest absolute Gasteiger partial charge is 0.255 e. The van der Waals surface area contributed by atoms with Crippen LogP contribution in [0.2, 0.25) is 5.02 Å². The Bertz CT molecular complexity index is 1230. The highest BCUT2D eigenvalue weighted by Crippen LogP contribution is 2.56. The third-order valence-corrected chi connectivity index (χ3v) is 6.99. The standard InChI is InChI=1S/C22H21ClN2O8/c1-6-9-7(23)4-5-8(26)11(9)16(27)12-10(6)17(28)14-15(25(2)3)18(29)13(21(24)32)20(31)22(14,33)19(12)30/h4-5,10,14-15,17,26-28,31,33H,1H2,2-3H3,(H2,24,32)/t10?,14-,15?,17+,22+/m1/s1. The van der Waals surface area contributed by atoms with Crippen molar-refractivity contribution in [3.8, 4) is 5.75 Å². The van der Waals surface area contributed by atoms with Crippen LogP contribution in [0.4, 0.5) is 0 Å². The third kappa shape index (κ3) is 2.69. The van der Waals surface area contributed by atoms with Gasteiger partial charge in [-0.1, -0.05) is 18.2 Å². The topological polar surface area (TPSA) is 182 Å². The van der Waals surface area contributed by atoms with E-state index in [1.807, 2.05) is 0 Å². The maximum absolute atomic E-state index is 13.7. The van der Waals surface area contributed by atoms with Gasteiger partial charge in [0.15, 0.2) is 11.4 Å². The van der Waals surface area contributed by atoms with Crippen molar-refractivity contribution in [1.29, 1.82) is 0 Å². The fourth-order valence-corrected chi connectivity index (χ4v) is 5.54. The van der Waals surface area contributed by atoms with Crippen LogP contribution in [0.1, 0.15) is 11.1 Å². The molecule has 33 heavy (non-hydrogen) atoms. The van der Waals surface area contributed by atoms with Crippen LogP contribution >= 0.6 is 11.6 Å². The van der Waals surface area contributed by atoms with Crippen molar-refractivity contribution < 1.29 is 39.9 Å². The minimum atomic E-state index is -2.97. The van der Waals surface area contributed by atoms with Gasteiger partial charge in [0.1, 0.15) is 22.8 Å². The summed E-state index contributed by atoms with van der Waals surface area (Å²) in [5, 5.41) is 55.0. The summed E-state index contributed by atoms with van der Waals surface area (Å²) < 4.78 is 0. The predicted molar refractivity (Wildman–Crippen MR) is 116 cm³/mol. The summed E-state index contributed by atoms with van der Waals surface area (Å²) in [6.07, 6.45) is -1.75. The molecule has 1 fully saturated rings. The number of nitrogens with two attached hydrogens (primary N) is 1. The first kappa shape index (κ1) is 23.0. The molecule has 7 N–H and O–H groups in total. The fraction of sp³-hybridized carbons (Fsp3) is 0.318.